The van der Waals surface area contributed by atoms with Crippen LogP contribution in [0.15, 0.2) is 18.2 Å². The second-order valence-electron chi connectivity index (χ2n) is 5.12. The highest BCUT2D eigenvalue weighted by molar-refractivity contribution is 5.85. The van der Waals surface area contributed by atoms with E-state index in [4.69, 9.17) is 4.74 Å². The van der Waals surface area contributed by atoms with E-state index in [0.29, 0.717) is 13.2 Å². The van der Waals surface area contributed by atoms with Crippen LogP contribution in [0.25, 0.3) is 0 Å². The highest BCUT2D eigenvalue weighted by Crippen LogP contribution is 2.24. The van der Waals surface area contributed by atoms with Gasteiger partial charge in [0.2, 0.25) is 5.91 Å². The molecule has 0 heterocycles. The minimum absolute atomic E-state index is 0. The van der Waals surface area contributed by atoms with Gasteiger partial charge in [-0.2, -0.15) is 0 Å². The second-order valence-corrected chi connectivity index (χ2v) is 5.12. The smallest absolute Gasteiger partial charge is 0.234 e. The Morgan fingerprint density at radius 2 is 2.00 bits per heavy atom. The Labute approximate surface area is 136 Å². The summed E-state index contributed by atoms with van der Waals surface area (Å²) >= 11 is 0. The van der Waals surface area contributed by atoms with Crippen molar-refractivity contribution in [2.24, 2.45) is 5.92 Å². The predicted octanol–water partition coefficient (Wildman–Crippen LogP) is 2.44. The standard InChI is InChI=1S/C15H22F2N2O2.ClH/c1-10(2)15(12-5-4-11(16)8-13(12)17)19-14(20)9-18-6-7-21-3;/h4-5,8,10,15,18H,6-7,9H2,1-3H3,(H,19,20);1H. The molecule has 0 spiro atoms. The van der Waals surface area contributed by atoms with Gasteiger partial charge in [0.15, 0.2) is 0 Å². The van der Waals surface area contributed by atoms with Crippen LogP contribution in [0.4, 0.5) is 8.78 Å². The summed E-state index contributed by atoms with van der Waals surface area (Å²) in [5.74, 6) is -1.55. The molecule has 0 aliphatic heterocycles. The van der Waals surface area contributed by atoms with Gasteiger partial charge in [-0.3, -0.25) is 4.79 Å². The highest BCUT2D eigenvalue weighted by Gasteiger charge is 2.21. The van der Waals surface area contributed by atoms with Crippen molar-refractivity contribution in [2.75, 3.05) is 26.8 Å². The summed E-state index contributed by atoms with van der Waals surface area (Å²) in [6, 6.07) is 2.89. The summed E-state index contributed by atoms with van der Waals surface area (Å²) in [7, 11) is 1.58. The zero-order valence-corrected chi connectivity index (χ0v) is 13.8. The second kappa shape index (κ2) is 10.5. The van der Waals surface area contributed by atoms with E-state index in [2.05, 4.69) is 10.6 Å². The van der Waals surface area contributed by atoms with Gasteiger partial charge in [0, 0.05) is 25.3 Å². The first-order valence-corrected chi connectivity index (χ1v) is 6.89. The van der Waals surface area contributed by atoms with E-state index in [1.54, 1.807) is 7.11 Å². The van der Waals surface area contributed by atoms with E-state index in [1.165, 1.54) is 12.1 Å². The van der Waals surface area contributed by atoms with Crippen LogP contribution in [0.1, 0.15) is 25.5 Å². The third-order valence-corrected chi connectivity index (χ3v) is 3.05. The zero-order valence-electron chi connectivity index (χ0n) is 13.0. The molecule has 2 N–H and O–H groups in total. The Kier molecular flexibility index (Phi) is 9.89. The number of carbonyl (C=O) groups is 1. The molecule has 0 aliphatic rings. The van der Waals surface area contributed by atoms with Crippen LogP contribution >= 0.6 is 12.4 Å². The fraction of sp³-hybridized carbons (Fsp3) is 0.533. The lowest BCUT2D eigenvalue weighted by Gasteiger charge is -2.23. The number of carbonyl (C=O) groups excluding carboxylic acids is 1. The average Bonchev–Trinajstić information content (AvgIpc) is 2.41. The van der Waals surface area contributed by atoms with Crippen LogP contribution in [-0.4, -0.2) is 32.7 Å². The number of nitrogens with one attached hydrogen (secondary N) is 2. The molecular formula is C15H23ClF2N2O2. The van der Waals surface area contributed by atoms with Crippen LogP contribution in [0, 0.1) is 17.6 Å². The van der Waals surface area contributed by atoms with Gasteiger partial charge in [-0.25, -0.2) is 8.78 Å². The molecule has 0 aromatic heterocycles. The molecule has 0 radical (unpaired) electrons. The number of benzene rings is 1. The molecule has 0 saturated carbocycles. The average molecular weight is 337 g/mol. The number of hydrogen-bond donors (Lipinski definition) is 2. The molecule has 0 bridgehead atoms. The van der Waals surface area contributed by atoms with Crippen molar-refractivity contribution in [1.82, 2.24) is 10.6 Å². The first kappa shape index (κ1) is 20.8. The van der Waals surface area contributed by atoms with E-state index in [9.17, 15) is 13.6 Å². The maximum atomic E-state index is 13.8. The highest BCUT2D eigenvalue weighted by atomic mass is 35.5. The third kappa shape index (κ3) is 6.68. The van der Waals surface area contributed by atoms with Crippen molar-refractivity contribution in [2.45, 2.75) is 19.9 Å². The Morgan fingerprint density at radius 3 is 2.55 bits per heavy atom. The minimum Gasteiger partial charge on any atom is -0.383 e. The SMILES string of the molecule is COCCNCC(=O)NC(c1ccc(F)cc1F)C(C)C.Cl. The number of rotatable bonds is 8. The van der Waals surface area contributed by atoms with Crippen LogP contribution in [0.3, 0.4) is 0 Å². The summed E-state index contributed by atoms with van der Waals surface area (Å²) in [6.45, 7) is 4.92. The maximum absolute atomic E-state index is 13.8. The number of halogens is 3. The van der Waals surface area contributed by atoms with Gasteiger partial charge in [0.05, 0.1) is 19.2 Å². The molecule has 1 atom stereocenters. The lowest BCUT2D eigenvalue weighted by Crippen LogP contribution is -2.39. The van der Waals surface area contributed by atoms with Crippen molar-refractivity contribution in [3.63, 3.8) is 0 Å². The maximum Gasteiger partial charge on any atom is 0.234 e. The molecule has 1 aromatic carbocycles. The molecule has 0 fully saturated rings. The Balaban J connectivity index is 0.00000441. The summed E-state index contributed by atoms with van der Waals surface area (Å²) in [5.41, 5.74) is 0.289. The van der Waals surface area contributed by atoms with Crippen LogP contribution in [0.5, 0.6) is 0 Å². The monoisotopic (exact) mass is 336 g/mol. The molecule has 1 rings (SSSR count). The van der Waals surface area contributed by atoms with E-state index in [1.807, 2.05) is 13.8 Å². The zero-order chi connectivity index (χ0) is 15.8. The molecule has 126 valence electrons. The fourth-order valence-corrected chi connectivity index (χ4v) is 1.96. The predicted molar refractivity (Wildman–Crippen MR) is 84.1 cm³/mol. The van der Waals surface area contributed by atoms with Crippen LogP contribution < -0.4 is 10.6 Å². The van der Waals surface area contributed by atoms with Crippen molar-refractivity contribution < 1.29 is 18.3 Å². The van der Waals surface area contributed by atoms with Gasteiger partial charge in [0.25, 0.3) is 0 Å². The number of hydrogen-bond acceptors (Lipinski definition) is 3. The van der Waals surface area contributed by atoms with Crippen LogP contribution in [-0.2, 0) is 9.53 Å². The van der Waals surface area contributed by atoms with Gasteiger partial charge in [0.1, 0.15) is 11.6 Å². The Bertz CT molecular complexity index is 473. The Morgan fingerprint density at radius 1 is 1.32 bits per heavy atom. The third-order valence-electron chi connectivity index (χ3n) is 3.05. The number of methoxy groups -OCH3 is 1. The van der Waals surface area contributed by atoms with Crippen molar-refractivity contribution in [1.29, 1.82) is 0 Å². The fourth-order valence-electron chi connectivity index (χ4n) is 1.96. The molecule has 1 aromatic rings. The van der Waals surface area contributed by atoms with Crippen LogP contribution in [0.2, 0.25) is 0 Å². The number of amides is 1. The van der Waals surface area contributed by atoms with E-state index in [0.717, 1.165) is 6.07 Å². The molecule has 22 heavy (non-hydrogen) atoms. The minimum atomic E-state index is -0.652. The van der Waals surface area contributed by atoms with Gasteiger partial charge >= 0.3 is 0 Å². The number of ether oxygens (including phenoxy) is 1. The van der Waals surface area contributed by atoms with E-state index in [-0.39, 0.29) is 36.3 Å². The summed E-state index contributed by atoms with van der Waals surface area (Å²) < 4.78 is 31.7. The molecule has 4 nitrogen and oxygen atoms in total. The summed E-state index contributed by atoms with van der Waals surface area (Å²) in [6.07, 6.45) is 0. The van der Waals surface area contributed by atoms with Crippen molar-refractivity contribution in [3.05, 3.63) is 35.4 Å². The molecule has 7 heteroatoms. The molecule has 0 saturated heterocycles. The first-order chi connectivity index (χ1) is 9.95. The van der Waals surface area contributed by atoms with Gasteiger partial charge in [-0.15, -0.1) is 12.4 Å². The van der Waals surface area contributed by atoms with E-state index >= 15 is 0 Å². The summed E-state index contributed by atoms with van der Waals surface area (Å²) in [5, 5.41) is 5.68. The topological polar surface area (TPSA) is 50.4 Å². The van der Waals surface area contributed by atoms with Crippen molar-refractivity contribution in [3.8, 4) is 0 Å². The van der Waals surface area contributed by atoms with Gasteiger partial charge in [-0.05, 0) is 12.0 Å². The van der Waals surface area contributed by atoms with E-state index < -0.39 is 17.7 Å². The lowest BCUT2D eigenvalue weighted by atomic mass is 9.95. The molecule has 0 aliphatic carbocycles. The molecular weight excluding hydrogens is 314 g/mol. The first-order valence-electron chi connectivity index (χ1n) is 6.89. The lowest BCUT2D eigenvalue weighted by molar-refractivity contribution is -0.121. The molecule has 1 unspecified atom stereocenters. The largest absolute Gasteiger partial charge is 0.383 e. The Hall–Kier alpha value is -1.24. The van der Waals surface area contributed by atoms with Crippen molar-refractivity contribution >= 4 is 18.3 Å². The quantitative estimate of drug-likeness (QED) is 0.717. The van der Waals surface area contributed by atoms with Gasteiger partial charge in [-0.1, -0.05) is 19.9 Å². The normalized spacial score (nSPS) is 11.9. The molecule has 1 amide bonds. The van der Waals surface area contributed by atoms with Gasteiger partial charge < -0.3 is 15.4 Å². The summed E-state index contributed by atoms with van der Waals surface area (Å²) in [4.78, 5) is 11.9.